The van der Waals surface area contributed by atoms with Crippen molar-refractivity contribution in [2.45, 2.75) is 0 Å². The van der Waals surface area contributed by atoms with Crippen LogP contribution in [0.2, 0.25) is 0 Å². The Kier molecular flexibility index (Phi) is 4.36. The molecule has 2 aromatic carbocycles. The summed E-state index contributed by atoms with van der Waals surface area (Å²) in [7, 11) is 0. The predicted molar refractivity (Wildman–Crippen MR) is 77.3 cm³/mol. The molecule has 19 heavy (non-hydrogen) atoms. The molecule has 0 radical (unpaired) electrons. The minimum absolute atomic E-state index is 0.604. The molecule has 1 N–H and O–H groups in total. The van der Waals surface area contributed by atoms with Crippen LogP contribution in [0.4, 0.5) is 0 Å². The summed E-state index contributed by atoms with van der Waals surface area (Å²) in [6, 6.07) is 14.8. The van der Waals surface area contributed by atoms with Crippen molar-refractivity contribution in [3.8, 4) is 11.5 Å². The van der Waals surface area contributed by atoms with Crippen molar-refractivity contribution in [1.29, 1.82) is 0 Å². The first kappa shape index (κ1) is 13.4. The van der Waals surface area contributed by atoms with E-state index in [2.05, 4.69) is 15.9 Å². The summed E-state index contributed by atoms with van der Waals surface area (Å²) in [5, 5.41) is 8.69. The molecule has 0 aromatic heterocycles. The number of carbonyl (C=O) groups is 1. The van der Waals surface area contributed by atoms with Gasteiger partial charge in [0.05, 0.1) is 0 Å². The van der Waals surface area contributed by atoms with Crippen LogP contribution in [0, 0.1) is 0 Å². The first-order valence-electron chi connectivity index (χ1n) is 5.58. The standard InChI is InChI=1S/C15H11BrO3/c16-12-7-8-14(11(10-12)6-9-15(17)18)19-13-4-2-1-3-5-13/h1-10H,(H,17,18)/b9-6+. The number of aliphatic carboxylic acids is 1. The first-order chi connectivity index (χ1) is 9.15. The minimum Gasteiger partial charge on any atom is -0.478 e. The lowest BCUT2D eigenvalue weighted by atomic mass is 10.2. The average molecular weight is 319 g/mol. The van der Waals surface area contributed by atoms with Crippen molar-refractivity contribution in [2.24, 2.45) is 0 Å². The number of rotatable bonds is 4. The van der Waals surface area contributed by atoms with E-state index in [1.807, 2.05) is 36.4 Å². The van der Waals surface area contributed by atoms with Gasteiger partial charge in [-0.25, -0.2) is 4.79 Å². The van der Waals surface area contributed by atoms with Gasteiger partial charge in [0, 0.05) is 16.1 Å². The Morgan fingerprint density at radius 2 is 1.89 bits per heavy atom. The quantitative estimate of drug-likeness (QED) is 0.853. The third-order valence-electron chi connectivity index (χ3n) is 2.35. The van der Waals surface area contributed by atoms with Gasteiger partial charge in [0.1, 0.15) is 11.5 Å². The van der Waals surface area contributed by atoms with Gasteiger partial charge in [0.25, 0.3) is 0 Å². The number of halogens is 1. The summed E-state index contributed by atoms with van der Waals surface area (Å²) < 4.78 is 6.59. The van der Waals surface area contributed by atoms with Crippen molar-refractivity contribution in [3.63, 3.8) is 0 Å². The van der Waals surface area contributed by atoms with E-state index in [0.717, 1.165) is 10.5 Å². The van der Waals surface area contributed by atoms with Crippen molar-refractivity contribution in [2.75, 3.05) is 0 Å². The molecule has 0 spiro atoms. The molecule has 0 aliphatic rings. The van der Waals surface area contributed by atoms with Crippen LogP contribution in [0.1, 0.15) is 5.56 Å². The maximum Gasteiger partial charge on any atom is 0.328 e. The number of ether oxygens (including phenoxy) is 1. The Hall–Kier alpha value is -2.07. The van der Waals surface area contributed by atoms with Crippen LogP contribution < -0.4 is 4.74 Å². The van der Waals surface area contributed by atoms with Crippen LogP contribution in [0.25, 0.3) is 6.08 Å². The van der Waals surface area contributed by atoms with Gasteiger partial charge in [-0.1, -0.05) is 34.1 Å². The van der Waals surface area contributed by atoms with Gasteiger partial charge in [-0.2, -0.15) is 0 Å². The summed E-state index contributed by atoms with van der Waals surface area (Å²) in [5.41, 5.74) is 0.695. The monoisotopic (exact) mass is 318 g/mol. The molecule has 96 valence electrons. The van der Waals surface area contributed by atoms with Gasteiger partial charge >= 0.3 is 5.97 Å². The lowest BCUT2D eigenvalue weighted by molar-refractivity contribution is -0.131. The minimum atomic E-state index is -0.995. The molecule has 2 aromatic rings. The summed E-state index contributed by atoms with van der Waals surface area (Å²) in [6.45, 7) is 0. The van der Waals surface area contributed by atoms with Gasteiger partial charge in [-0.15, -0.1) is 0 Å². The van der Waals surface area contributed by atoms with E-state index in [1.54, 1.807) is 12.1 Å². The zero-order valence-corrected chi connectivity index (χ0v) is 11.5. The summed E-state index contributed by atoms with van der Waals surface area (Å²) >= 11 is 3.35. The van der Waals surface area contributed by atoms with Crippen LogP contribution in [-0.4, -0.2) is 11.1 Å². The van der Waals surface area contributed by atoms with Gasteiger partial charge in [0.2, 0.25) is 0 Å². The predicted octanol–water partition coefficient (Wildman–Crippen LogP) is 4.34. The van der Waals surface area contributed by atoms with Crippen LogP contribution >= 0.6 is 15.9 Å². The average Bonchev–Trinajstić information content (AvgIpc) is 2.40. The number of carboxylic acid groups (broad SMARTS) is 1. The van der Waals surface area contributed by atoms with Gasteiger partial charge in [0.15, 0.2) is 0 Å². The van der Waals surface area contributed by atoms with Crippen LogP contribution in [-0.2, 0) is 4.79 Å². The molecular formula is C15H11BrO3. The molecule has 0 fully saturated rings. The highest BCUT2D eigenvalue weighted by molar-refractivity contribution is 9.10. The van der Waals surface area contributed by atoms with E-state index in [9.17, 15) is 4.79 Å². The fourth-order valence-corrected chi connectivity index (χ4v) is 1.90. The van der Waals surface area contributed by atoms with E-state index in [-0.39, 0.29) is 0 Å². The van der Waals surface area contributed by atoms with Gasteiger partial charge in [-0.05, 0) is 36.4 Å². The Balaban J connectivity index is 2.32. The second-order valence-electron chi connectivity index (χ2n) is 3.77. The highest BCUT2D eigenvalue weighted by atomic mass is 79.9. The van der Waals surface area contributed by atoms with E-state index >= 15 is 0 Å². The Labute approximate surface area is 119 Å². The van der Waals surface area contributed by atoms with Gasteiger partial charge < -0.3 is 9.84 Å². The first-order valence-corrected chi connectivity index (χ1v) is 6.38. The van der Waals surface area contributed by atoms with Crippen LogP contribution in [0.5, 0.6) is 11.5 Å². The van der Waals surface area contributed by atoms with Crippen LogP contribution in [0.15, 0.2) is 59.1 Å². The molecule has 0 saturated carbocycles. The van der Waals surface area contributed by atoms with Crippen LogP contribution in [0.3, 0.4) is 0 Å². The maximum atomic E-state index is 10.6. The largest absolute Gasteiger partial charge is 0.478 e. The molecular weight excluding hydrogens is 308 g/mol. The Bertz CT molecular complexity index is 606. The number of benzene rings is 2. The smallest absolute Gasteiger partial charge is 0.328 e. The van der Waals surface area contributed by atoms with E-state index in [4.69, 9.17) is 9.84 Å². The zero-order chi connectivity index (χ0) is 13.7. The molecule has 0 saturated heterocycles. The number of para-hydroxylation sites is 1. The van der Waals surface area contributed by atoms with E-state index < -0.39 is 5.97 Å². The molecule has 0 aliphatic carbocycles. The molecule has 2 rings (SSSR count). The second kappa shape index (κ2) is 6.20. The molecule has 0 amide bonds. The molecule has 3 nitrogen and oxygen atoms in total. The maximum absolute atomic E-state index is 10.6. The van der Waals surface area contributed by atoms with Crippen molar-refractivity contribution in [1.82, 2.24) is 0 Å². The van der Waals surface area contributed by atoms with Crippen molar-refractivity contribution >= 4 is 28.0 Å². The number of carboxylic acids is 1. The fourth-order valence-electron chi connectivity index (χ4n) is 1.52. The molecule has 0 atom stereocenters. The molecule has 0 heterocycles. The molecule has 0 bridgehead atoms. The highest BCUT2D eigenvalue weighted by Gasteiger charge is 2.04. The zero-order valence-electron chi connectivity index (χ0n) is 9.92. The Morgan fingerprint density at radius 1 is 1.16 bits per heavy atom. The molecule has 0 unspecified atom stereocenters. The van der Waals surface area contributed by atoms with Gasteiger partial charge in [-0.3, -0.25) is 0 Å². The van der Waals surface area contributed by atoms with Crippen molar-refractivity contribution in [3.05, 3.63) is 64.6 Å². The molecule has 4 heteroatoms. The fraction of sp³-hybridized carbons (Fsp3) is 0. The lowest BCUT2D eigenvalue weighted by Gasteiger charge is -2.09. The number of hydrogen-bond acceptors (Lipinski definition) is 2. The summed E-state index contributed by atoms with van der Waals surface area (Å²) in [6.07, 6.45) is 2.59. The van der Waals surface area contributed by atoms with Crippen molar-refractivity contribution < 1.29 is 14.6 Å². The normalized spacial score (nSPS) is 10.6. The number of hydrogen-bond donors (Lipinski definition) is 1. The highest BCUT2D eigenvalue weighted by Crippen LogP contribution is 2.28. The summed E-state index contributed by atoms with van der Waals surface area (Å²) in [4.78, 5) is 10.6. The third kappa shape index (κ3) is 3.96. The second-order valence-corrected chi connectivity index (χ2v) is 4.68. The third-order valence-corrected chi connectivity index (χ3v) is 2.84. The lowest BCUT2D eigenvalue weighted by Crippen LogP contribution is -1.89. The SMILES string of the molecule is O=C(O)/C=C/c1cc(Br)ccc1Oc1ccccc1. The Morgan fingerprint density at radius 3 is 2.58 bits per heavy atom. The summed E-state index contributed by atoms with van der Waals surface area (Å²) in [5.74, 6) is 0.312. The topological polar surface area (TPSA) is 46.5 Å². The molecule has 0 aliphatic heterocycles. The van der Waals surface area contributed by atoms with E-state index in [0.29, 0.717) is 17.1 Å². The van der Waals surface area contributed by atoms with E-state index in [1.165, 1.54) is 6.08 Å².